The van der Waals surface area contributed by atoms with E-state index in [4.69, 9.17) is 19.4 Å². The van der Waals surface area contributed by atoms with Crippen LogP contribution >= 0.6 is 0 Å². The number of benzene rings is 8. The van der Waals surface area contributed by atoms with Gasteiger partial charge in [-0.15, -0.1) is 0 Å². The zero-order chi connectivity index (χ0) is 34.2. The molecular formula is C47H28N4O. The van der Waals surface area contributed by atoms with Crippen LogP contribution in [0.25, 0.3) is 105 Å². The average molecular weight is 665 g/mol. The Morgan fingerprint density at radius 3 is 1.60 bits per heavy atom. The van der Waals surface area contributed by atoms with Crippen LogP contribution in [0.2, 0.25) is 0 Å². The maximum absolute atomic E-state index is 6.41. The van der Waals surface area contributed by atoms with Gasteiger partial charge in [0, 0.05) is 38.4 Å². The van der Waals surface area contributed by atoms with E-state index in [-0.39, 0.29) is 0 Å². The van der Waals surface area contributed by atoms with Crippen molar-refractivity contribution in [3.8, 4) is 39.9 Å². The van der Waals surface area contributed by atoms with Crippen LogP contribution < -0.4 is 0 Å². The molecule has 0 saturated heterocycles. The summed E-state index contributed by atoms with van der Waals surface area (Å²) >= 11 is 0. The van der Waals surface area contributed by atoms with Crippen LogP contribution in [0.4, 0.5) is 0 Å². The van der Waals surface area contributed by atoms with Crippen molar-refractivity contribution in [1.82, 2.24) is 19.5 Å². The third-order valence-electron chi connectivity index (χ3n) is 10.2. The number of hydrogen-bond acceptors (Lipinski definition) is 4. The van der Waals surface area contributed by atoms with E-state index in [2.05, 4.69) is 114 Å². The average Bonchev–Trinajstić information content (AvgIpc) is 3.78. The predicted molar refractivity (Wildman–Crippen MR) is 213 cm³/mol. The summed E-state index contributed by atoms with van der Waals surface area (Å²) in [5.74, 6) is 1.78. The number of aromatic nitrogens is 4. The number of para-hydroxylation sites is 2. The van der Waals surface area contributed by atoms with Crippen LogP contribution in [0, 0.1) is 0 Å². The normalized spacial score (nSPS) is 11.8. The Kier molecular flexibility index (Phi) is 6.18. The molecule has 5 nitrogen and oxygen atoms in total. The Hall–Kier alpha value is -7.11. The molecule has 11 rings (SSSR count). The standard InChI is InChI=1S/C47H28N4O/c1-2-13-31(14-3-1)45-48-46(50-47(49-45)38-19-10-18-37-36-17-8-9-20-41(36)52-44(37)38)32-21-25-33(26-22-32)51-39-27-23-29-11-4-6-15-34(29)42(39)43-35-16-7-5-12-30(35)24-28-40(43)51/h1-28H. The molecule has 0 amide bonds. The molecule has 0 aliphatic heterocycles. The van der Waals surface area contributed by atoms with E-state index in [0.29, 0.717) is 17.5 Å². The molecule has 0 spiro atoms. The third kappa shape index (κ3) is 4.33. The molecule has 0 fully saturated rings. The molecule has 0 aliphatic carbocycles. The molecule has 0 N–H and O–H groups in total. The van der Waals surface area contributed by atoms with Crippen molar-refractivity contribution in [2.45, 2.75) is 0 Å². The van der Waals surface area contributed by atoms with Gasteiger partial charge in [0.25, 0.3) is 0 Å². The molecule has 0 unspecified atom stereocenters. The molecule has 242 valence electrons. The van der Waals surface area contributed by atoms with Gasteiger partial charge in [-0.05, 0) is 70.1 Å². The summed E-state index contributed by atoms with van der Waals surface area (Å²) in [7, 11) is 0. The minimum atomic E-state index is 0.568. The van der Waals surface area contributed by atoms with Gasteiger partial charge in [-0.3, -0.25) is 0 Å². The first-order valence-corrected chi connectivity index (χ1v) is 17.5. The summed E-state index contributed by atoms with van der Waals surface area (Å²) in [5, 5.41) is 9.61. The topological polar surface area (TPSA) is 56.7 Å². The second-order valence-electron chi connectivity index (χ2n) is 13.2. The maximum Gasteiger partial charge on any atom is 0.167 e. The first-order chi connectivity index (χ1) is 25.8. The highest BCUT2D eigenvalue weighted by molar-refractivity contribution is 6.28. The number of hydrogen-bond donors (Lipinski definition) is 0. The minimum Gasteiger partial charge on any atom is -0.455 e. The van der Waals surface area contributed by atoms with Crippen molar-refractivity contribution in [1.29, 1.82) is 0 Å². The van der Waals surface area contributed by atoms with E-state index in [1.807, 2.05) is 60.7 Å². The smallest absolute Gasteiger partial charge is 0.167 e. The molecule has 11 aromatic rings. The maximum atomic E-state index is 6.41. The summed E-state index contributed by atoms with van der Waals surface area (Å²) < 4.78 is 8.79. The summed E-state index contributed by atoms with van der Waals surface area (Å²) in [6.45, 7) is 0. The van der Waals surface area contributed by atoms with Crippen LogP contribution in [-0.2, 0) is 0 Å². The second-order valence-corrected chi connectivity index (χ2v) is 13.2. The largest absolute Gasteiger partial charge is 0.455 e. The molecule has 52 heavy (non-hydrogen) atoms. The SMILES string of the molecule is c1ccc(-c2nc(-c3ccc(-n4c5ccc6ccccc6c5c5c6ccccc6ccc54)cc3)nc(-c3cccc4c3oc3ccccc34)n2)cc1. The molecule has 0 bridgehead atoms. The Morgan fingerprint density at radius 2 is 0.923 bits per heavy atom. The Morgan fingerprint density at radius 1 is 0.385 bits per heavy atom. The Bertz CT molecular complexity index is 3080. The fraction of sp³-hybridized carbons (Fsp3) is 0. The number of furan rings is 1. The van der Waals surface area contributed by atoms with Crippen molar-refractivity contribution in [2.24, 2.45) is 0 Å². The van der Waals surface area contributed by atoms with Crippen molar-refractivity contribution in [2.75, 3.05) is 0 Å². The van der Waals surface area contributed by atoms with Crippen LogP contribution in [0.1, 0.15) is 0 Å². The van der Waals surface area contributed by atoms with E-state index in [1.54, 1.807) is 0 Å². The van der Waals surface area contributed by atoms with E-state index in [0.717, 1.165) is 44.3 Å². The van der Waals surface area contributed by atoms with E-state index in [9.17, 15) is 0 Å². The van der Waals surface area contributed by atoms with E-state index < -0.39 is 0 Å². The number of nitrogens with zero attached hydrogens (tertiary/aromatic N) is 4. The number of fused-ring (bicyclic) bond motifs is 10. The van der Waals surface area contributed by atoms with Gasteiger partial charge in [0.05, 0.1) is 16.6 Å². The van der Waals surface area contributed by atoms with Crippen molar-refractivity contribution in [3.05, 3.63) is 170 Å². The van der Waals surface area contributed by atoms with Crippen molar-refractivity contribution >= 4 is 65.3 Å². The first-order valence-electron chi connectivity index (χ1n) is 17.5. The summed E-state index contributed by atoms with van der Waals surface area (Å²) in [6, 6.07) is 59.2. The molecule has 8 aromatic carbocycles. The lowest BCUT2D eigenvalue weighted by Gasteiger charge is -2.11. The van der Waals surface area contributed by atoms with Crippen LogP contribution in [0.5, 0.6) is 0 Å². The van der Waals surface area contributed by atoms with Crippen molar-refractivity contribution in [3.63, 3.8) is 0 Å². The zero-order valence-electron chi connectivity index (χ0n) is 27.9. The molecule has 0 aliphatic rings. The fourth-order valence-electron chi connectivity index (χ4n) is 7.85. The van der Waals surface area contributed by atoms with Gasteiger partial charge in [0.2, 0.25) is 0 Å². The lowest BCUT2D eigenvalue weighted by atomic mass is 10.00. The molecule has 0 saturated carbocycles. The van der Waals surface area contributed by atoms with Crippen LogP contribution in [-0.4, -0.2) is 19.5 Å². The zero-order valence-corrected chi connectivity index (χ0v) is 27.9. The Balaban J connectivity index is 1.11. The van der Waals surface area contributed by atoms with Gasteiger partial charge in [-0.25, -0.2) is 15.0 Å². The van der Waals surface area contributed by atoms with E-state index in [1.165, 1.54) is 43.4 Å². The van der Waals surface area contributed by atoms with Gasteiger partial charge in [0.1, 0.15) is 11.2 Å². The number of rotatable bonds is 4. The monoisotopic (exact) mass is 664 g/mol. The lowest BCUT2D eigenvalue weighted by Crippen LogP contribution is -2.00. The van der Waals surface area contributed by atoms with Crippen LogP contribution in [0.15, 0.2) is 174 Å². The van der Waals surface area contributed by atoms with Crippen molar-refractivity contribution < 1.29 is 4.42 Å². The summed E-state index contributed by atoms with van der Waals surface area (Å²) in [4.78, 5) is 15.1. The summed E-state index contributed by atoms with van der Waals surface area (Å²) in [6.07, 6.45) is 0. The van der Waals surface area contributed by atoms with Gasteiger partial charge in [-0.2, -0.15) is 0 Å². The first kappa shape index (κ1) is 28.7. The quantitative estimate of drug-likeness (QED) is 0.188. The molecular weight excluding hydrogens is 637 g/mol. The van der Waals surface area contributed by atoms with Crippen LogP contribution in [0.3, 0.4) is 0 Å². The minimum absolute atomic E-state index is 0.568. The highest BCUT2D eigenvalue weighted by Gasteiger charge is 2.20. The second kappa shape index (κ2) is 11.2. The van der Waals surface area contributed by atoms with Gasteiger partial charge in [0.15, 0.2) is 17.5 Å². The highest BCUT2D eigenvalue weighted by Crippen LogP contribution is 2.41. The fourth-order valence-corrected chi connectivity index (χ4v) is 7.85. The molecule has 3 heterocycles. The molecule has 5 heteroatoms. The Labute approximate surface area is 298 Å². The van der Waals surface area contributed by atoms with Gasteiger partial charge in [-0.1, -0.05) is 121 Å². The lowest BCUT2D eigenvalue weighted by molar-refractivity contribution is 0.669. The van der Waals surface area contributed by atoms with Gasteiger partial charge >= 0.3 is 0 Å². The molecule has 3 aromatic heterocycles. The predicted octanol–water partition coefficient (Wildman–Crippen LogP) is 12.2. The third-order valence-corrected chi connectivity index (χ3v) is 10.2. The molecule has 0 radical (unpaired) electrons. The highest BCUT2D eigenvalue weighted by atomic mass is 16.3. The van der Waals surface area contributed by atoms with Gasteiger partial charge < -0.3 is 8.98 Å². The molecule has 0 atom stereocenters. The van der Waals surface area contributed by atoms with E-state index >= 15 is 0 Å². The summed E-state index contributed by atoms with van der Waals surface area (Å²) in [5.41, 5.74) is 7.67.